The fraction of sp³-hybridized carbons (Fsp3) is 1.00. The lowest BCUT2D eigenvalue weighted by Crippen LogP contribution is -2.40. The van der Waals surface area contributed by atoms with E-state index < -0.39 is 0 Å². The molecular weight excluding hydrogens is 160 g/mol. The molecule has 13 heavy (non-hydrogen) atoms. The van der Waals surface area contributed by atoms with Gasteiger partial charge in [-0.15, -0.1) is 0 Å². The number of hydrogen-bond acceptors (Lipinski definition) is 2. The average Bonchev–Trinajstić information content (AvgIpc) is 2.60. The van der Waals surface area contributed by atoms with E-state index in [0.29, 0.717) is 12.1 Å². The second kappa shape index (κ2) is 3.58. The van der Waals surface area contributed by atoms with Crippen LogP contribution in [0.2, 0.25) is 0 Å². The Morgan fingerprint density at radius 3 is 2.00 bits per heavy atom. The molecule has 0 aromatic heterocycles. The van der Waals surface area contributed by atoms with Crippen LogP contribution in [0, 0.1) is 0 Å². The third-order valence-electron chi connectivity index (χ3n) is 3.73. The number of nitrogens with zero attached hydrogens (tertiary/aromatic N) is 1. The van der Waals surface area contributed by atoms with Gasteiger partial charge in [-0.3, -0.25) is 4.90 Å². The van der Waals surface area contributed by atoms with Crippen LogP contribution in [0.4, 0.5) is 0 Å². The molecule has 76 valence electrons. The summed E-state index contributed by atoms with van der Waals surface area (Å²) < 4.78 is 0. The maximum atomic E-state index is 5.85. The Kier molecular flexibility index (Phi) is 2.61. The van der Waals surface area contributed by atoms with E-state index in [-0.39, 0.29) is 0 Å². The van der Waals surface area contributed by atoms with E-state index in [4.69, 9.17) is 5.73 Å². The first kappa shape index (κ1) is 9.47. The summed E-state index contributed by atoms with van der Waals surface area (Å²) in [4.78, 5) is 2.74. The lowest BCUT2D eigenvalue weighted by atomic mass is 10.0. The van der Waals surface area contributed by atoms with Gasteiger partial charge in [-0.05, 0) is 46.0 Å². The third-order valence-corrected chi connectivity index (χ3v) is 3.73. The van der Waals surface area contributed by atoms with Gasteiger partial charge in [0.1, 0.15) is 0 Å². The van der Waals surface area contributed by atoms with E-state index >= 15 is 0 Å². The normalized spacial score (nSPS) is 38.1. The van der Waals surface area contributed by atoms with Crippen molar-refractivity contribution >= 4 is 0 Å². The molecule has 2 aliphatic rings. The van der Waals surface area contributed by atoms with Gasteiger partial charge in [-0.1, -0.05) is 0 Å². The molecular formula is C11H22N2. The van der Waals surface area contributed by atoms with Gasteiger partial charge in [0.15, 0.2) is 0 Å². The summed E-state index contributed by atoms with van der Waals surface area (Å²) in [7, 11) is 0. The van der Waals surface area contributed by atoms with Gasteiger partial charge in [0.05, 0.1) is 0 Å². The molecule has 0 spiro atoms. The Morgan fingerprint density at radius 2 is 1.62 bits per heavy atom. The van der Waals surface area contributed by atoms with Crippen LogP contribution in [-0.4, -0.2) is 29.1 Å². The molecule has 2 rings (SSSR count). The Morgan fingerprint density at radius 1 is 1.15 bits per heavy atom. The molecule has 2 saturated heterocycles. The van der Waals surface area contributed by atoms with Crippen molar-refractivity contribution in [1.82, 2.24) is 4.90 Å². The van der Waals surface area contributed by atoms with Crippen LogP contribution in [-0.2, 0) is 0 Å². The Labute approximate surface area is 81.5 Å². The minimum absolute atomic E-state index is 0.356. The Bertz CT molecular complexity index is 159. The monoisotopic (exact) mass is 182 g/mol. The number of fused-ring (bicyclic) bond motifs is 2. The van der Waals surface area contributed by atoms with E-state index in [1.54, 1.807) is 0 Å². The van der Waals surface area contributed by atoms with Crippen LogP contribution in [0.25, 0.3) is 0 Å². The summed E-state index contributed by atoms with van der Waals surface area (Å²) in [5.41, 5.74) is 5.85. The predicted molar refractivity (Wildman–Crippen MR) is 55.6 cm³/mol. The Hall–Kier alpha value is -0.0800. The molecule has 0 aliphatic carbocycles. The highest BCUT2D eigenvalue weighted by Crippen LogP contribution is 2.39. The zero-order chi connectivity index (χ0) is 9.42. The van der Waals surface area contributed by atoms with Gasteiger partial charge >= 0.3 is 0 Å². The summed E-state index contributed by atoms with van der Waals surface area (Å²) in [5, 5.41) is 0. The minimum Gasteiger partial charge on any atom is -0.328 e. The van der Waals surface area contributed by atoms with Crippen molar-refractivity contribution in [2.45, 2.75) is 70.1 Å². The fourth-order valence-electron chi connectivity index (χ4n) is 3.33. The lowest BCUT2D eigenvalue weighted by molar-refractivity contribution is 0.174. The molecule has 2 heterocycles. The molecule has 2 atom stereocenters. The van der Waals surface area contributed by atoms with Gasteiger partial charge < -0.3 is 5.73 Å². The molecule has 2 aliphatic heterocycles. The summed E-state index contributed by atoms with van der Waals surface area (Å²) in [6.45, 7) is 4.47. The Balaban J connectivity index is 1.93. The van der Waals surface area contributed by atoms with E-state index in [2.05, 4.69) is 18.7 Å². The van der Waals surface area contributed by atoms with E-state index in [0.717, 1.165) is 18.5 Å². The highest BCUT2D eigenvalue weighted by molar-refractivity contribution is 4.97. The van der Waals surface area contributed by atoms with Crippen LogP contribution < -0.4 is 5.73 Å². The molecule has 2 bridgehead atoms. The molecule has 2 N–H and O–H groups in total. The van der Waals surface area contributed by atoms with Crippen molar-refractivity contribution in [3.8, 4) is 0 Å². The first-order valence-electron chi connectivity index (χ1n) is 5.71. The van der Waals surface area contributed by atoms with E-state index in [9.17, 15) is 0 Å². The number of rotatable bonds is 3. The minimum atomic E-state index is 0.356. The van der Waals surface area contributed by atoms with Crippen LogP contribution >= 0.6 is 0 Å². The smallest absolute Gasteiger partial charge is 0.0102 e. The first-order valence-corrected chi connectivity index (χ1v) is 5.71. The van der Waals surface area contributed by atoms with Gasteiger partial charge in [0, 0.05) is 24.2 Å². The second-order valence-corrected chi connectivity index (χ2v) is 4.97. The summed E-state index contributed by atoms with van der Waals surface area (Å²) in [6, 6.07) is 2.87. The topological polar surface area (TPSA) is 29.3 Å². The maximum absolute atomic E-state index is 5.85. The van der Waals surface area contributed by atoms with Crippen LogP contribution in [0.5, 0.6) is 0 Å². The van der Waals surface area contributed by atoms with Gasteiger partial charge in [-0.25, -0.2) is 0 Å². The van der Waals surface area contributed by atoms with Crippen molar-refractivity contribution in [2.24, 2.45) is 5.73 Å². The SMILES string of the molecule is CC(N)CC(C)N1C2CCC1CC2. The number of hydrogen-bond donors (Lipinski definition) is 1. The summed E-state index contributed by atoms with van der Waals surface area (Å²) >= 11 is 0. The lowest BCUT2D eigenvalue weighted by Gasteiger charge is -2.30. The first-order chi connectivity index (χ1) is 6.18. The van der Waals surface area contributed by atoms with E-state index in [1.165, 1.54) is 25.7 Å². The fourth-order valence-corrected chi connectivity index (χ4v) is 3.33. The number of nitrogens with two attached hydrogens (primary N) is 1. The molecule has 2 fully saturated rings. The zero-order valence-electron chi connectivity index (χ0n) is 8.87. The molecule has 2 heteroatoms. The second-order valence-electron chi connectivity index (χ2n) is 4.97. The van der Waals surface area contributed by atoms with Crippen molar-refractivity contribution < 1.29 is 0 Å². The summed E-state index contributed by atoms with van der Waals surface area (Å²) in [5.74, 6) is 0. The highest BCUT2D eigenvalue weighted by atomic mass is 15.3. The van der Waals surface area contributed by atoms with Crippen molar-refractivity contribution in [3.63, 3.8) is 0 Å². The van der Waals surface area contributed by atoms with Gasteiger partial charge in [0.2, 0.25) is 0 Å². The molecule has 0 radical (unpaired) electrons. The molecule has 0 aromatic carbocycles. The third kappa shape index (κ3) is 1.75. The zero-order valence-corrected chi connectivity index (χ0v) is 8.87. The molecule has 2 unspecified atom stereocenters. The van der Waals surface area contributed by atoms with E-state index in [1.807, 2.05) is 0 Å². The van der Waals surface area contributed by atoms with Crippen LogP contribution in [0.1, 0.15) is 46.0 Å². The van der Waals surface area contributed by atoms with Crippen LogP contribution in [0.3, 0.4) is 0 Å². The van der Waals surface area contributed by atoms with Crippen molar-refractivity contribution in [1.29, 1.82) is 0 Å². The highest BCUT2D eigenvalue weighted by Gasteiger charge is 2.41. The predicted octanol–water partition coefficient (Wildman–Crippen LogP) is 1.74. The molecule has 0 aromatic rings. The summed E-state index contributed by atoms with van der Waals surface area (Å²) in [6.07, 6.45) is 6.91. The standard InChI is InChI=1S/C11H22N2/c1-8(12)7-9(2)13-10-3-4-11(13)6-5-10/h8-11H,3-7,12H2,1-2H3. The maximum Gasteiger partial charge on any atom is 0.0102 e. The van der Waals surface area contributed by atoms with Crippen LogP contribution in [0.15, 0.2) is 0 Å². The average molecular weight is 182 g/mol. The largest absolute Gasteiger partial charge is 0.328 e. The van der Waals surface area contributed by atoms with Gasteiger partial charge in [0.25, 0.3) is 0 Å². The quantitative estimate of drug-likeness (QED) is 0.720. The molecule has 2 nitrogen and oxygen atoms in total. The molecule has 0 saturated carbocycles. The molecule has 0 amide bonds. The van der Waals surface area contributed by atoms with Crippen molar-refractivity contribution in [3.05, 3.63) is 0 Å². The van der Waals surface area contributed by atoms with Gasteiger partial charge in [-0.2, -0.15) is 0 Å². The van der Waals surface area contributed by atoms with Crippen molar-refractivity contribution in [2.75, 3.05) is 0 Å².